The van der Waals surface area contributed by atoms with Gasteiger partial charge in [-0.05, 0) is 57.1 Å². The molecule has 0 unspecified atom stereocenters. The molecule has 0 amide bonds. The summed E-state index contributed by atoms with van der Waals surface area (Å²) >= 11 is 1.80. The van der Waals surface area contributed by atoms with E-state index in [1.54, 1.807) is 11.8 Å². The van der Waals surface area contributed by atoms with Gasteiger partial charge >= 0.3 is 0 Å². The number of fused-ring (bicyclic) bond motifs is 2. The van der Waals surface area contributed by atoms with Crippen molar-refractivity contribution in [3.8, 4) is 0 Å². The van der Waals surface area contributed by atoms with Gasteiger partial charge in [-0.2, -0.15) is 0 Å². The molecule has 2 aliphatic heterocycles. The molecule has 5 heteroatoms. The highest BCUT2D eigenvalue weighted by molar-refractivity contribution is 7.99. The summed E-state index contributed by atoms with van der Waals surface area (Å²) in [4.78, 5) is 7.52. The van der Waals surface area contributed by atoms with Crippen LogP contribution in [0.1, 0.15) is 25.3 Å². The molecule has 4 nitrogen and oxygen atoms in total. The fraction of sp³-hybridized carbons (Fsp3) is 0.350. The lowest BCUT2D eigenvalue weighted by Crippen LogP contribution is -2.40. The summed E-state index contributed by atoms with van der Waals surface area (Å²) in [5.74, 6) is 0.124. The van der Waals surface area contributed by atoms with E-state index in [1.807, 2.05) is 6.07 Å². The number of benzene rings is 2. The van der Waals surface area contributed by atoms with Gasteiger partial charge in [-0.3, -0.25) is 5.41 Å². The van der Waals surface area contributed by atoms with E-state index >= 15 is 0 Å². The number of anilines is 2. The summed E-state index contributed by atoms with van der Waals surface area (Å²) in [6.45, 7) is 5.77. The van der Waals surface area contributed by atoms with E-state index in [2.05, 4.69) is 53.1 Å². The third kappa shape index (κ3) is 3.14. The summed E-state index contributed by atoms with van der Waals surface area (Å²) in [6, 6.07) is 15.1. The fourth-order valence-corrected chi connectivity index (χ4v) is 4.90. The minimum atomic E-state index is 0.124. The van der Waals surface area contributed by atoms with E-state index in [0.29, 0.717) is 6.04 Å². The lowest BCUT2D eigenvalue weighted by molar-refractivity contribution is 0.319. The van der Waals surface area contributed by atoms with Gasteiger partial charge in [0.05, 0.1) is 11.4 Å². The lowest BCUT2D eigenvalue weighted by Gasteiger charge is -2.39. The van der Waals surface area contributed by atoms with Crippen LogP contribution < -0.4 is 10.6 Å². The van der Waals surface area contributed by atoms with Crippen molar-refractivity contribution in [2.24, 2.45) is 5.73 Å². The molecule has 25 heavy (non-hydrogen) atoms. The minimum absolute atomic E-state index is 0.124. The van der Waals surface area contributed by atoms with Gasteiger partial charge in [-0.25, -0.2) is 0 Å². The van der Waals surface area contributed by atoms with Gasteiger partial charge in [0.2, 0.25) is 0 Å². The Kier molecular flexibility index (Phi) is 4.44. The van der Waals surface area contributed by atoms with Crippen LogP contribution in [0.15, 0.2) is 52.3 Å². The molecule has 1 saturated heterocycles. The monoisotopic (exact) mass is 352 g/mol. The first-order valence-corrected chi connectivity index (χ1v) is 9.72. The number of nitrogens with one attached hydrogen (secondary N) is 1. The van der Waals surface area contributed by atoms with Crippen molar-refractivity contribution >= 4 is 29.0 Å². The molecule has 4 rings (SSSR count). The molecule has 0 radical (unpaired) electrons. The molecule has 2 aliphatic rings. The van der Waals surface area contributed by atoms with Crippen molar-refractivity contribution < 1.29 is 0 Å². The molecule has 2 aromatic rings. The first-order chi connectivity index (χ1) is 12.1. The number of amidine groups is 1. The average molecular weight is 353 g/mol. The van der Waals surface area contributed by atoms with Crippen LogP contribution in [-0.4, -0.2) is 36.4 Å². The minimum Gasteiger partial charge on any atom is -0.384 e. The Bertz CT molecular complexity index is 798. The third-order valence-electron chi connectivity index (χ3n) is 5.04. The summed E-state index contributed by atoms with van der Waals surface area (Å²) in [5.41, 5.74) is 8.96. The number of nitrogens with zero attached hydrogens (tertiary/aromatic N) is 2. The Labute approximate surface area is 153 Å². The highest BCUT2D eigenvalue weighted by atomic mass is 32.2. The molecule has 0 saturated carbocycles. The van der Waals surface area contributed by atoms with E-state index in [9.17, 15) is 0 Å². The molecule has 0 aromatic heterocycles. The Morgan fingerprint density at radius 2 is 1.84 bits per heavy atom. The van der Waals surface area contributed by atoms with Gasteiger partial charge in [-0.15, -0.1) is 0 Å². The first kappa shape index (κ1) is 16.5. The normalized spacial score (nSPS) is 17.9. The molecule has 130 valence electrons. The maximum atomic E-state index is 7.80. The number of hydrogen-bond donors (Lipinski definition) is 2. The second-order valence-corrected chi connectivity index (χ2v) is 7.98. The molecule has 2 heterocycles. The Hall–Kier alpha value is -1.98. The molecular formula is C20H24N4S. The van der Waals surface area contributed by atoms with Crippen molar-refractivity contribution in [1.29, 1.82) is 5.41 Å². The Morgan fingerprint density at radius 3 is 2.60 bits per heavy atom. The number of para-hydroxylation sites is 1. The Balaban J connectivity index is 1.75. The largest absolute Gasteiger partial charge is 0.384 e. The number of hydrogen-bond acceptors (Lipinski definition) is 4. The quantitative estimate of drug-likeness (QED) is 0.644. The summed E-state index contributed by atoms with van der Waals surface area (Å²) in [7, 11) is 0. The summed E-state index contributed by atoms with van der Waals surface area (Å²) < 4.78 is 0. The van der Waals surface area contributed by atoms with Crippen molar-refractivity contribution in [3.05, 3.63) is 48.0 Å². The number of nitrogens with two attached hydrogens (primary N) is 1. The van der Waals surface area contributed by atoms with Crippen molar-refractivity contribution in [2.45, 2.75) is 35.6 Å². The van der Waals surface area contributed by atoms with Gasteiger partial charge in [0, 0.05) is 27.9 Å². The van der Waals surface area contributed by atoms with Gasteiger partial charge in [0.1, 0.15) is 5.84 Å². The predicted octanol–water partition coefficient (Wildman–Crippen LogP) is 4.06. The van der Waals surface area contributed by atoms with Crippen molar-refractivity contribution in [3.63, 3.8) is 0 Å². The molecule has 0 spiro atoms. The Morgan fingerprint density at radius 1 is 1.12 bits per heavy atom. The molecule has 1 fully saturated rings. The van der Waals surface area contributed by atoms with Crippen LogP contribution in [0.4, 0.5) is 11.4 Å². The topological polar surface area (TPSA) is 56.4 Å². The van der Waals surface area contributed by atoms with E-state index < -0.39 is 0 Å². The lowest BCUT2D eigenvalue weighted by atomic mass is 10.1. The van der Waals surface area contributed by atoms with E-state index in [-0.39, 0.29) is 5.84 Å². The van der Waals surface area contributed by atoms with Gasteiger partial charge < -0.3 is 15.5 Å². The van der Waals surface area contributed by atoms with Crippen molar-refractivity contribution in [1.82, 2.24) is 4.90 Å². The standard InChI is InChI=1S/C20H24N4S/c1-14(13-23-10-4-5-11-23)24-16-6-2-3-7-18(16)25-19-9-8-15(20(21)22)12-17(19)24/h2-3,6-9,12,14H,4-5,10-11,13H2,1H3,(H3,21,22)/t14-/m1/s1. The van der Waals surface area contributed by atoms with Crippen LogP contribution in [0, 0.1) is 5.41 Å². The second kappa shape index (κ2) is 6.73. The van der Waals surface area contributed by atoms with E-state index in [0.717, 1.165) is 12.1 Å². The molecule has 1 atom stereocenters. The predicted molar refractivity (Wildman–Crippen MR) is 105 cm³/mol. The summed E-state index contributed by atoms with van der Waals surface area (Å²) in [6.07, 6.45) is 2.62. The van der Waals surface area contributed by atoms with Crippen LogP contribution in [0.2, 0.25) is 0 Å². The number of likely N-dealkylation sites (tertiary alicyclic amines) is 1. The van der Waals surface area contributed by atoms with Crippen LogP contribution in [0.3, 0.4) is 0 Å². The van der Waals surface area contributed by atoms with Crippen LogP contribution in [0.25, 0.3) is 0 Å². The maximum absolute atomic E-state index is 7.80. The molecule has 0 bridgehead atoms. The summed E-state index contributed by atoms with van der Waals surface area (Å²) in [5, 5.41) is 7.80. The van der Waals surface area contributed by atoms with E-state index in [1.165, 1.54) is 47.1 Å². The molecule has 0 aliphatic carbocycles. The maximum Gasteiger partial charge on any atom is 0.122 e. The molecule has 2 aromatic carbocycles. The van der Waals surface area contributed by atoms with Gasteiger partial charge in [0.25, 0.3) is 0 Å². The molecular weight excluding hydrogens is 328 g/mol. The average Bonchev–Trinajstić information content (AvgIpc) is 3.11. The smallest absolute Gasteiger partial charge is 0.122 e. The zero-order chi connectivity index (χ0) is 17.4. The van der Waals surface area contributed by atoms with Gasteiger partial charge in [-0.1, -0.05) is 30.0 Å². The van der Waals surface area contributed by atoms with Crippen molar-refractivity contribution in [2.75, 3.05) is 24.5 Å². The molecule has 3 N–H and O–H groups in total. The zero-order valence-electron chi connectivity index (χ0n) is 14.5. The van der Waals surface area contributed by atoms with Gasteiger partial charge in [0.15, 0.2) is 0 Å². The zero-order valence-corrected chi connectivity index (χ0v) is 15.4. The highest BCUT2D eigenvalue weighted by Crippen LogP contribution is 2.49. The third-order valence-corrected chi connectivity index (χ3v) is 6.17. The number of nitrogen functional groups attached to an aromatic ring is 1. The number of rotatable bonds is 4. The fourth-order valence-electron chi connectivity index (χ4n) is 3.85. The highest BCUT2D eigenvalue weighted by Gasteiger charge is 2.29. The first-order valence-electron chi connectivity index (χ1n) is 8.90. The second-order valence-electron chi connectivity index (χ2n) is 6.89. The van der Waals surface area contributed by atoms with Crippen LogP contribution >= 0.6 is 11.8 Å². The van der Waals surface area contributed by atoms with Crippen LogP contribution in [-0.2, 0) is 0 Å². The van der Waals surface area contributed by atoms with Crippen LogP contribution in [0.5, 0.6) is 0 Å². The van der Waals surface area contributed by atoms with E-state index in [4.69, 9.17) is 11.1 Å². The SMILES string of the molecule is C[C@H](CN1CCCC1)N1c2ccccc2Sc2ccc(C(=N)N)cc21.